The van der Waals surface area contributed by atoms with Crippen LogP contribution in [0.15, 0.2) is 42.7 Å². The molecule has 0 aliphatic carbocycles. The highest BCUT2D eigenvalue weighted by Gasteiger charge is 2.39. The average molecular weight is 533 g/mol. The smallest absolute Gasteiger partial charge is 0.338 e. The number of benzene rings is 1. The second-order valence-corrected chi connectivity index (χ2v) is 10.7. The minimum atomic E-state index is -1.11. The highest BCUT2D eigenvalue weighted by molar-refractivity contribution is 5.93. The summed E-state index contributed by atoms with van der Waals surface area (Å²) in [6.45, 7) is 5.81. The standard InChI is InChI=1S/C28H29FN6O4/c1-17-6-4-3-5-9-33(17)26(36)23-11-24(28(2)15-39-16-28)35-25(31-23)12-22(32-35)20-8-7-19(10-21(20)29)34-14-18(13-30-34)27(37)38/h7-8,10-14,17H,3-6,9,15-16H2,1-2H3,(H,37,38)/t17-/m1/s1. The van der Waals surface area contributed by atoms with E-state index in [2.05, 4.69) is 23.9 Å². The number of halogens is 1. The van der Waals surface area contributed by atoms with Gasteiger partial charge in [0.15, 0.2) is 5.65 Å². The Balaban J connectivity index is 1.40. The van der Waals surface area contributed by atoms with Gasteiger partial charge >= 0.3 is 5.97 Å². The molecule has 4 aromatic rings. The SMILES string of the molecule is C[C@@H]1CCCCCN1C(=O)c1cc(C2(C)COC2)n2nc(-c3ccc(-n4cc(C(=O)O)cn4)cc3F)cc2n1. The van der Waals surface area contributed by atoms with Crippen LogP contribution in [-0.4, -0.2) is 72.1 Å². The molecule has 0 spiro atoms. The molecule has 6 rings (SSSR count). The molecule has 5 heterocycles. The molecule has 3 aromatic heterocycles. The number of carboxylic acid groups (broad SMARTS) is 1. The molecule has 1 aromatic carbocycles. The van der Waals surface area contributed by atoms with Crippen molar-refractivity contribution in [2.24, 2.45) is 0 Å². The lowest BCUT2D eigenvalue weighted by Gasteiger charge is -2.38. The summed E-state index contributed by atoms with van der Waals surface area (Å²) in [5.74, 6) is -1.76. The maximum absolute atomic E-state index is 15.4. The van der Waals surface area contributed by atoms with E-state index < -0.39 is 11.8 Å². The van der Waals surface area contributed by atoms with Gasteiger partial charge in [0.25, 0.3) is 5.91 Å². The third kappa shape index (κ3) is 4.46. The lowest BCUT2D eigenvalue weighted by molar-refractivity contribution is -0.0531. The predicted molar refractivity (Wildman–Crippen MR) is 140 cm³/mol. The van der Waals surface area contributed by atoms with E-state index in [0.29, 0.717) is 42.5 Å². The maximum Gasteiger partial charge on any atom is 0.338 e. The van der Waals surface area contributed by atoms with Crippen molar-refractivity contribution in [1.82, 2.24) is 29.3 Å². The van der Waals surface area contributed by atoms with Crippen LogP contribution in [0.5, 0.6) is 0 Å². The van der Waals surface area contributed by atoms with Crippen LogP contribution in [0.4, 0.5) is 4.39 Å². The molecule has 202 valence electrons. The van der Waals surface area contributed by atoms with Gasteiger partial charge in [0, 0.05) is 36.5 Å². The number of amides is 1. The second-order valence-electron chi connectivity index (χ2n) is 10.7. The number of aromatic nitrogens is 5. The minimum Gasteiger partial charge on any atom is -0.478 e. The van der Waals surface area contributed by atoms with Gasteiger partial charge < -0.3 is 14.7 Å². The van der Waals surface area contributed by atoms with Crippen molar-refractivity contribution in [2.75, 3.05) is 19.8 Å². The summed E-state index contributed by atoms with van der Waals surface area (Å²) < 4.78 is 23.8. The predicted octanol–water partition coefficient (Wildman–Crippen LogP) is 4.11. The molecular weight excluding hydrogens is 503 g/mol. The first kappa shape index (κ1) is 25.2. The summed E-state index contributed by atoms with van der Waals surface area (Å²) in [6.07, 6.45) is 6.68. The van der Waals surface area contributed by atoms with Crippen LogP contribution >= 0.6 is 0 Å². The average Bonchev–Trinajstić information content (AvgIpc) is 3.51. The zero-order valence-electron chi connectivity index (χ0n) is 21.8. The van der Waals surface area contributed by atoms with E-state index in [9.17, 15) is 9.59 Å². The Bertz CT molecular complexity index is 1590. The monoisotopic (exact) mass is 532 g/mol. The molecule has 1 amide bonds. The fourth-order valence-corrected chi connectivity index (χ4v) is 5.35. The molecule has 1 N–H and O–H groups in total. The van der Waals surface area contributed by atoms with E-state index in [-0.39, 0.29) is 28.5 Å². The van der Waals surface area contributed by atoms with Crippen molar-refractivity contribution in [3.63, 3.8) is 0 Å². The number of ether oxygens (including phenoxy) is 1. The van der Waals surface area contributed by atoms with Crippen molar-refractivity contribution < 1.29 is 23.8 Å². The number of carbonyl (C=O) groups excluding carboxylic acids is 1. The van der Waals surface area contributed by atoms with Gasteiger partial charge in [-0.25, -0.2) is 23.4 Å². The summed E-state index contributed by atoms with van der Waals surface area (Å²) in [6, 6.07) is 8.13. The third-order valence-electron chi connectivity index (χ3n) is 7.74. The van der Waals surface area contributed by atoms with E-state index in [1.807, 2.05) is 11.0 Å². The Morgan fingerprint density at radius 2 is 1.97 bits per heavy atom. The second kappa shape index (κ2) is 9.57. The van der Waals surface area contributed by atoms with Crippen molar-refractivity contribution >= 4 is 17.5 Å². The quantitative estimate of drug-likeness (QED) is 0.411. The van der Waals surface area contributed by atoms with E-state index in [1.54, 1.807) is 22.7 Å². The van der Waals surface area contributed by atoms with E-state index in [0.717, 1.165) is 31.4 Å². The first-order valence-corrected chi connectivity index (χ1v) is 13.1. The highest BCUT2D eigenvalue weighted by atomic mass is 19.1. The van der Waals surface area contributed by atoms with Gasteiger partial charge in [-0.3, -0.25) is 4.79 Å². The summed E-state index contributed by atoms with van der Waals surface area (Å²) in [5, 5.41) is 17.8. The van der Waals surface area contributed by atoms with E-state index >= 15 is 4.39 Å². The summed E-state index contributed by atoms with van der Waals surface area (Å²) in [7, 11) is 0. The van der Waals surface area contributed by atoms with Crippen LogP contribution in [0.1, 0.15) is 66.1 Å². The molecule has 1 atom stereocenters. The molecule has 2 saturated heterocycles. The molecule has 0 unspecified atom stereocenters. The Hall–Kier alpha value is -4.12. The number of carbonyl (C=O) groups is 2. The number of nitrogens with zero attached hydrogens (tertiary/aromatic N) is 6. The van der Waals surface area contributed by atoms with Gasteiger partial charge in [-0.1, -0.05) is 12.8 Å². The molecular formula is C28H29FN6O4. The number of rotatable bonds is 5. The van der Waals surface area contributed by atoms with Gasteiger partial charge in [-0.15, -0.1) is 0 Å². The van der Waals surface area contributed by atoms with Crippen LogP contribution in [0.25, 0.3) is 22.6 Å². The van der Waals surface area contributed by atoms with Crippen molar-refractivity contribution in [1.29, 1.82) is 0 Å². The summed E-state index contributed by atoms with van der Waals surface area (Å²) in [5.41, 5.74) is 2.27. The zero-order valence-corrected chi connectivity index (χ0v) is 21.8. The number of fused-ring (bicyclic) bond motifs is 1. The fourth-order valence-electron chi connectivity index (χ4n) is 5.35. The Kier molecular flexibility index (Phi) is 6.17. The molecule has 0 saturated carbocycles. The summed E-state index contributed by atoms with van der Waals surface area (Å²) >= 11 is 0. The van der Waals surface area contributed by atoms with Crippen LogP contribution in [0.2, 0.25) is 0 Å². The molecule has 2 aliphatic heterocycles. The van der Waals surface area contributed by atoms with Crippen molar-refractivity contribution in [3.8, 4) is 16.9 Å². The first-order chi connectivity index (χ1) is 18.7. The lowest BCUT2D eigenvalue weighted by Crippen LogP contribution is -2.46. The molecule has 2 aliphatic rings. The molecule has 11 heteroatoms. The Morgan fingerprint density at radius 3 is 2.67 bits per heavy atom. The van der Waals surface area contributed by atoms with Crippen LogP contribution in [0, 0.1) is 5.82 Å². The fraction of sp³-hybridized carbons (Fsp3) is 0.393. The van der Waals surface area contributed by atoms with Crippen LogP contribution in [-0.2, 0) is 10.2 Å². The van der Waals surface area contributed by atoms with Gasteiger partial charge in [-0.05, 0) is 44.9 Å². The molecule has 2 fully saturated rings. The Morgan fingerprint density at radius 1 is 1.15 bits per heavy atom. The number of aromatic carboxylic acids is 1. The number of carboxylic acids is 1. The number of hydrogen-bond donors (Lipinski definition) is 1. The van der Waals surface area contributed by atoms with E-state index in [4.69, 9.17) is 14.9 Å². The topological polar surface area (TPSA) is 115 Å². The normalized spacial score (nSPS) is 19.1. The first-order valence-electron chi connectivity index (χ1n) is 13.1. The highest BCUT2D eigenvalue weighted by Crippen LogP contribution is 2.34. The van der Waals surface area contributed by atoms with Crippen LogP contribution in [0.3, 0.4) is 0 Å². The molecule has 0 radical (unpaired) electrons. The molecule has 10 nitrogen and oxygen atoms in total. The van der Waals surface area contributed by atoms with Gasteiger partial charge in [0.2, 0.25) is 0 Å². The third-order valence-corrected chi connectivity index (χ3v) is 7.74. The molecule has 39 heavy (non-hydrogen) atoms. The van der Waals surface area contributed by atoms with Gasteiger partial charge in [0.1, 0.15) is 11.5 Å². The Labute approximate surface area is 224 Å². The van der Waals surface area contributed by atoms with Gasteiger partial charge in [0.05, 0.1) is 47.5 Å². The maximum atomic E-state index is 15.4. The summed E-state index contributed by atoms with van der Waals surface area (Å²) in [4.78, 5) is 31.4. The number of hydrogen-bond acceptors (Lipinski definition) is 6. The lowest BCUT2D eigenvalue weighted by atomic mass is 9.84. The van der Waals surface area contributed by atoms with Crippen LogP contribution < -0.4 is 0 Å². The van der Waals surface area contributed by atoms with Crippen molar-refractivity contribution in [3.05, 3.63) is 65.5 Å². The largest absolute Gasteiger partial charge is 0.478 e. The van der Waals surface area contributed by atoms with Gasteiger partial charge in [-0.2, -0.15) is 10.2 Å². The van der Waals surface area contributed by atoms with E-state index in [1.165, 1.54) is 23.1 Å². The van der Waals surface area contributed by atoms with Crippen molar-refractivity contribution in [2.45, 2.75) is 51.0 Å². The minimum absolute atomic E-state index is 0.00632. The molecule has 0 bridgehead atoms. The zero-order chi connectivity index (χ0) is 27.3. The number of likely N-dealkylation sites (tertiary alicyclic amines) is 1.